The van der Waals surface area contributed by atoms with E-state index in [1.54, 1.807) is 13.8 Å². The quantitative estimate of drug-likeness (QED) is 0.0342. The zero-order valence-electron chi connectivity index (χ0n) is 26.9. The van der Waals surface area contributed by atoms with E-state index in [2.05, 4.69) is 45.9 Å². The highest BCUT2D eigenvalue weighted by Gasteiger charge is 2.42. The second-order valence-corrected chi connectivity index (χ2v) is 25.3. The monoisotopic (exact) mass is 670 g/mol. The predicted molar refractivity (Wildman–Crippen MR) is 179 cm³/mol. The molecule has 14 heteroatoms. The molecular weight excluding hydrogens is 614 g/mol. The van der Waals surface area contributed by atoms with Crippen LogP contribution in [0.5, 0.6) is 0 Å². The summed E-state index contributed by atoms with van der Waals surface area (Å²) in [7, 11) is -6.02. The lowest BCUT2D eigenvalue weighted by atomic mass is 10.4. The van der Waals surface area contributed by atoms with Crippen LogP contribution in [0.15, 0.2) is 24.3 Å². The van der Waals surface area contributed by atoms with Crippen molar-refractivity contribution in [1.82, 2.24) is 0 Å². The maximum absolute atomic E-state index is 11.7. The maximum Gasteiger partial charge on any atom is 0.333 e. The number of ether oxygens (including phenoxy) is 3. The van der Waals surface area contributed by atoms with E-state index in [0.717, 1.165) is 37.4 Å². The second-order valence-electron chi connectivity index (χ2n) is 11.5. The van der Waals surface area contributed by atoms with Crippen molar-refractivity contribution in [3.63, 3.8) is 0 Å². The van der Waals surface area contributed by atoms with E-state index in [1.807, 2.05) is 13.3 Å². The zero-order valence-corrected chi connectivity index (χ0v) is 31.9. The van der Waals surface area contributed by atoms with Crippen molar-refractivity contribution in [1.29, 1.82) is 0 Å². The van der Waals surface area contributed by atoms with Crippen molar-refractivity contribution < 1.29 is 41.1 Å². The zero-order chi connectivity index (χ0) is 31.5. The molecule has 0 aliphatic heterocycles. The van der Waals surface area contributed by atoms with Gasteiger partial charge in [0, 0.05) is 35.4 Å². The summed E-state index contributed by atoms with van der Waals surface area (Å²) in [4.78, 5) is 23.5. The van der Waals surface area contributed by atoms with Gasteiger partial charge in [-0.05, 0) is 97.3 Å². The number of hydrogen-bond acceptors (Lipinski definition) is 9. The first-order chi connectivity index (χ1) is 19.1. The van der Waals surface area contributed by atoms with Crippen molar-refractivity contribution in [2.24, 2.45) is 0 Å². The lowest BCUT2D eigenvalue weighted by Crippen LogP contribution is -2.54. The Morgan fingerprint density at radius 2 is 1.17 bits per heavy atom. The highest BCUT2D eigenvalue weighted by atomic mass is 31.1. The first-order valence-corrected chi connectivity index (χ1v) is 25.9. The van der Waals surface area contributed by atoms with E-state index in [0.29, 0.717) is 61.8 Å². The number of carbonyl (C=O) groups is 2. The van der Waals surface area contributed by atoms with Crippen LogP contribution in [-0.2, 0) is 41.1 Å². The average Bonchev–Trinajstić information content (AvgIpc) is 2.86. The third-order valence-corrected chi connectivity index (χ3v) is 19.2. The molecule has 0 aliphatic carbocycles. The van der Waals surface area contributed by atoms with Crippen LogP contribution in [0.25, 0.3) is 0 Å². The van der Waals surface area contributed by atoms with E-state index in [-0.39, 0.29) is 18.0 Å². The fourth-order valence-corrected chi connectivity index (χ4v) is 19.3. The first-order valence-electron chi connectivity index (χ1n) is 14.3. The summed E-state index contributed by atoms with van der Waals surface area (Å²) in [6, 6.07) is 2.52. The Balaban J connectivity index is 5.19. The molecular formula is C27H56O9P2Si3. The smallest absolute Gasteiger partial charge is 0.333 e. The fraction of sp³-hybridized carbons (Fsp3) is 0.778. The van der Waals surface area contributed by atoms with Gasteiger partial charge in [0.25, 0.3) is 0 Å². The average molecular weight is 671 g/mol. The summed E-state index contributed by atoms with van der Waals surface area (Å²) in [5, 5.41) is 0. The van der Waals surface area contributed by atoms with Gasteiger partial charge >= 0.3 is 20.5 Å². The van der Waals surface area contributed by atoms with Gasteiger partial charge in [-0.3, -0.25) is 0 Å². The third-order valence-electron chi connectivity index (χ3n) is 5.92. The van der Waals surface area contributed by atoms with Crippen LogP contribution in [0, 0.1) is 0 Å². The molecule has 0 rings (SSSR count). The second kappa shape index (κ2) is 21.4. The third kappa shape index (κ3) is 21.1. The molecule has 0 aromatic heterocycles. The van der Waals surface area contributed by atoms with Crippen molar-refractivity contribution in [2.75, 3.05) is 46.4 Å². The molecule has 0 aliphatic rings. The van der Waals surface area contributed by atoms with E-state index in [9.17, 15) is 9.59 Å². The molecule has 3 atom stereocenters. The highest BCUT2D eigenvalue weighted by Crippen LogP contribution is 2.30. The molecule has 3 unspecified atom stereocenters. The number of hydrogen-bond donors (Lipinski definition) is 0. The van der Waals surface area contributed by atoms with Gasteiger partial charge in [0.05, 0.1) is 26.4 Å². The molecule has 0 amide bonds. The molecule has 0 heterocycles. The van der Waals surface area contributed by atoms with Crippen molar-refractivity contribution >= 4 is 54.7 Å². The van der Waals surface area contributed by atoms with E-state index in [1.165, 1.54) is 0 Å². The Hall–Kier alpha value is -0.269. The van der Waals surface area contributed by atoms with Gasteiger partial charge in [-0.15, -0.1) is 0 Å². The predicted octanol–water partition coefficient (Wildman–Crippen LogP) is 6.78. The first kappa shape index (κ1) is 40.7. The molecule has 0 saturated carbocycles. The minimum absolute atomic E-state index is 0.0578. The molecule has 0 N–H and O–H groups in total. The highest BCUT2D eigenvalue weighted by molar-refractivity contribution is 7.31. The minimum atomic E-state index is -2.59. The molecule has 0 saturated heterocycles. The van der Waals surface area contributed by atoms with Crippen molar-refractivity contribution in [3.05, 3.63) is 24.3 Å². The van der Waals surface area contributed by atoms with Gasteiger partial charge in [-0.2, -0.15) is 0 Å². The molecule has 41 heavy (non-hydrogen) atoms. The van der Waals surface area contributed by atoms with E-state index in [4.69, 9.17) is 31.5 Å². The Bertz CT molecular complexity index is 765. The van der Waals surface area contributed by atoms with Crippen LogP contribution in [0.1, 0.15) is 33.1 Å². The van der Waals surface area contributed by atoms with Gasteiger partial charge in [0.2, 0.25) is 0 Å². The molecule has 0 fully saturated rings. The van der Waals surface area contributed by atoms with Gasteiger partial charge < -0.3 is 31.5 Å². The summed E-state index contributed by atoms with van der Waals surface area (Å²) >= 11 is 0. The summed E-state index contributed by atoms with van der Waals surface area (Å²) < 4.78 is 41.7. The Labute approximate surface area is 256 Å². The molecule has 0 aromatic carbocycles. The Kier molecular flexibility index (Phi) is 21.3. The lowest BCUT2D eigenvalue weighted by molar-refractivity contribution is -0.139. The van der Waals surface area contributed by atoms with Crippen LogP contribution >= 0.6 is 17.6 Å². The SMILES string of the molecule is C=C(C)C(=O)OCCC[Si](C)(C)O[Si](C)(CCCOCC(COPC)OPC)O[Si](C)(C)CCCOC(=O)C(=C)C. The Morgan fingerprint density at radius 1 is 0.707 bits per heavy atom. The summed E-state index contributed by atoms with van der Waals surface area (Å²) in [5.74, 6) is -0.716. The van der Waals surface area contributed by atoms with Crippen LogP contribution in [0.2, 0.25) is 50.9 Å². The van der Waals surface area contributed by atoms with Gasteiger partial charge in [-0.1, -0.05) is 13.2 Å². The normalized spacial score (nSPS) is 13.7. The molecule has 0 aromatic rings. The van der Waals surface area contributed by atoms with Crippen LogP contribution in [0.3, 0.4) is 0 Å². The van der Waals surface area contributed by atoms with Crippen LogP contribution < -0.4 is 0 Å². The van der Waals surface area contributed by atoms with Crippen molar-refractivity contribution in [3.8, 4) is 0 Å². The molecule has 0 bridgehead atoms. The molecule has 0 spiro atoms. The molecule has 240 valence electrons. The molecule has 9 nitrogen and oxygen atoms in total. The number of esters is 2. The summed E-state index contributed by atoms with van der Waals surface area (Å²) in [6.45, 7) is 27.9. The van der Waals surface area contributed by atoms with Gasteiger partial charge in [0.15, 0.2) is 16.6 Å². The van der Waals surface area contributed by atoms with E-state index < -0.39 is 25.2 Å². The number of carbonyl (C=O) groups excluding carboxylic acids is 2. The summed E-state index contributed by atoms with van der Waals surface area (Å²) in [5.41, 5.74) is 0.808. The number of rotatable bonds is 25. The molecule has 0 radical (unpaired) electrons. The maximum atomic E-state index is 11.7. The largest absolute Gasteiger partial charge is 0.462 e. The van der Waals surface area contributed by atoms with Crippen LogP contribution in [-0.4, -0.2) is 89.6 Å². The van der Waals surface area contributed by atoms with Gasteiger partial charge in [-0.25, -0.2) is 9.59 Å². The minimum Gasteiger partial charge on any atom is -0.462 e. The Morgan fingerprint density at radius 3 is 1.59 bits per heavy atom. The van der Waals surface area contributed by atoms with Crippen molar-refractivity contribution in [2.45, 2.75) is 90.1 Å². The topological polar surface area (TPSA) is 98.8 Å². The van der Waals surface area contributed by atoms with Crippen LogP contribution in [0.4, 0.5) is 0 Å². The lowest BCUT2D eigenvalue weighted by Gasteiger charge is -2.41. The summed E-state index contributed by atoms with van der Waals surface area (Å²) in [6.07, 6.45) is 2.24. The standard InChI is InChI=1S/C27H56O9P2Si3/c1-23(2)26(28)31-16-13-18-39(7,8)35-41(11,20-12-15-30-21-25(34-38-6)22-33-37-5)36-40(9,10)19-14-17-32-27(29)24(3)4/h25,37-38H,1,3,12-22H2,2,4-11H3. The van der Waals surface area contributed by atoms with E-state index >= 15 is 0 Å². The fourth-order valence-electron chi connectivity index (χ4n) is 4.14. The van der Waals surface area contributed by atoms with Gasteiger partial charge in [0.1, 0.15) is 6.10 Å².